The predicted octanol–water partition coefficient (Wildman–Crippen LogP) is 1.06. The van der Waals surface area contributed by atoms with E-state index in [0.717, 1.165) is 12.5 Å². The molecule has 0 aromatic heterocycles. The third-order valence-electron chi connectivity index (χ3n) is 7.29. The highest BCUT2D eigenvalue weighted by molar-refractivity contribution is 6.03. The average Bonchev–Trinajstić information content (AvgIpc) is 2.92. The van der Waals surface area contributed by atoms with Gasteiger partial charge in [0.25, 0.3) is 0 Å². The van der Waals surface area contributed by atoms with E-state index in [1.807, 2.05) is 18.2 Å². The fraction of sp³-hybridized carbons (Fsp3) is 0.483. The van der Waals surface area contributed by atoms with Gasteiger partial charge in [0, 0.05) is 11.1 Å². The topological polar surface area (TPSA) is 210 Å². The first-order chi connectivity index (χ1) is 19.7. The lowest BCUT2D eigenvalue weighted by Gasteiger charge is -2.40. The number of hydrogen-bond donors (Lipinski definition) is 6. The SMILES string of the molecule is Cc1c(O)c2c(c(C)c1O[C@@H]1OC(COC(=O)CC(C)(O)CC(=O)O)[C@@H](O)[C@H](O)C1O)O[C@H](c1ccccc1)CC2=O. The minimum atomic E-state index is -1.89. The number of phenolic OH excluding ortho intramolecular Hbond substituents is 1. The Balaban J connectivity index is 1.54. The van der Waals surface area contributed by atoms with E-state index in [4.69, 9.17) is 24.1 Å². The molecule has 6 N–H and O–H groups in total. The number of esters is 1. The van der Waals surface area contributed by atoms with Crippen molar-refractivity contribution in [1.82, 2.24) is 0 Å². The zero-order valence-corrected chi connectivity index (χ0v) is 23.2. The van der Waals surface area contributed by atoms with Crippen molar-refractivity contribution in [1.29, 1.82) is 0 Å². The number of carboxylic acid groups (broad SMARTS) is 1. The Morgan fingerprint density at radius 2 is 1.69 bits per heavy atom. The van der Waals surface area contributed by atoms with Crippen LogP contribution < -0.4 is 9.47 Å². The Kier molecular flexibility index (Phi) is 9.09. The van der Waals surface area contributed by atoms with E-state index < -0.39 is 73.8 Å². The molecule has 2 aliphatic heterocycles. The number of phenols is 1. The highest BCUT2D eigenvalue weighted by Crippen LogP contribution is 2.48. The molecular weight excluding hydrogens is 556 g/mol. The molecule has 2 aromatic carbocycles. The molecule has 2 heterocycles. The van der Waals surface area contributed by atoms with E-state index in [-0.39, 0.29) is 40.6 Å². The maximum atomic E-state index is 13.0. The number of carbonyl (C=O) groups excluding carboxylic acids is 2. The maximum Gasteiger partial charge on any atom is 0.308 e. The van der Waals surface area contributed by atoms with Gasteiger partial charge in [-0.1, -0.05) is 30.3 Å². The second-order valence-electron chi connectivity index (χ2n) is 10.8. The van der Waals surface area contributed by atoms with Crippen molar-refractivity contribution in [3.8, 4) is 17.2 Å². The first-order valence-corrected chi connectivity index (χ1v) is 13.3. The lowest BCUT2D eigenvalue weighted by molar-refractivity contribution is -0.279. The van der Waals surface area contributed by atoms with Crippen molar-refractivity contribution in [3.63, 3.8) is 0 Å². The van der Waals surface area contributed by atoms with Crippen LogP contribution in [0.25, 0.3) is 0 Å². The van der Waals surface area contributed by atoms with Crippen LogP contribution >= 0.6 is 0 Å². The predicted molar refractivity (Wildman–Crippen MR) is 142 cm³/mol. The van der Waals surface area contributed by atoms with Crippen molar-refractivity contribution >= 4 is 17.7 Å². The summed E-state index contributed by atoms with van der Waals surface area (Å²) in [5.41, 5.74) is -0.684. The van der Waals surface area contributed by atoms with Gasteiger partial charge in [-0.25, -0.2) is 0 Å². The Hall–Kier alpha value is -3.75. The van der Waals surface area contributed by atoms with E-state index in [9.17, 15) is 39.9 Å². The molecule has 1 fully saturated rings. The van der Waals surface area contributed by atoms with Crippen molar-refractivity contribution in [3.05, 3.63) is 52.6 Å². The lowest BCUT2D eigenvalue weighted by Crippen LogP contribution is -2.60. The third kappa shape index (κ3) is 6.50. The molecule has 7 atom stereocenters. The van der Waals surface area contributed by atoms with Gasteiger partial charge in [0.05, 0.1) is 24.9 Å². The summed E-state index contributed by atoms with van der Waals surface area (Å²) in [6.45, 7) is 3.59. The monoisotopic (exact) mass is 590 g/mol. The zero-order valence-electron chi connectivity index (χ0n) is 23.2. The van der Waals surface area contributed by atoms with Crippen molar-refractivity contribution in [2.45, 2.75) is 82.4 Å². The molecule has 4 rings (SSSR count). The Labute approximate surface area is 240 Å². The number of carboxylic acids is 1. The highest BCUT2D eigenvalue weighted by Gasteiger charge is 2.46. The molecule has 0 bridgehead atoms. The number of benzene rings is 2. The molecule has 3 unspecified atom stereocenters. The highest BCUT2D eigenvalue weighted by atomic mass is 16.7. The normalized spacial score (nSPS) is 26.9. The molecule has 2 aliphatic rings. The quantitative estimate of drug-likeness (QED) is 0.226. The molecule has 0 radical (unpaired) electrons. The molecule has 1 saturated heterocycles. The van der Waals surface area contributed by atoms with Crippen LogP contribution in [0.3, 0.4) is 0 Å². The standard InChI is InChI=1S/C29H34O13/c1-13-22(34)21-16(30)9-17(15-7-5-4-6-8-15)40-27(21)14(2)26(13)42-28-25(37)24(36)23(35)18(41-28)12-39-20(33)11-29(3,38)10-19(31)32/h4-8,17-18,23-25,28,34-38H,9-12H2,1-3H3,(H,31,32)/t17-,18?,23+,24-,25?,28-,29?/m0/s1. The number of aliphatic hydroxyl groups is 4. The number of rotatable bonds is 9. The van der Waals surface area contributed by atoms with Gasteiger partial charge in [0.2, 0.25) is 6.29 Å². The molecule has 0 saturated carbocycles. The lowest BCUT2D eigenvalue weighted by atomic mass is 9.91. The number of carbonyl (C=O) groups is 3. The van der Waals surface area contributed by atoms with Gasteiger partial charge in [-0.2, -0.15) is 0 Å². The van der Waals surface area contributed by atoms with E-state index in [1.54, 1.807) is 19.1 Å². The summed E-state index contributed by atoms with van der Waals surface area (Å²) >= 11 is 0. The van der Waals surface area contributed by atoms with Crippen LogP contribution in [0.15, 0.2) is 30.3 Å². The molecule has 13 heteroatoms. The van der Waals surface area contributed by atoms with Gasteiger partial charge in [0.15, 0.2) is 5.78 Å². The van der Waals surface area contributed by atoms with Crippen LogP contribution in [-0.2, 0) is 19.1 Å². The number of Topliss-reactive ketones (excluding diaryl/α,β-unsaturated/α-hetero) is 1. The molecule has 0 amide bonds. The number of hydrogen-bond acceptors (Lipinski definition) is 12. The average molecular weight is 591 g/mol. The van der Waals surface area contributed by atoms with Crippen molar-refractivity contribution in [2.75, 3.05) is 6.61 Å². The summed E-state index contributed by atoms with van der Waals surface area (Å²) in [6, 6.07) is 9.05. The van der Waals surface area contributed by atoms with Crippen LogP contribution in [0.4, 0.5) is 0 Å². The van der Waals surface area contributed by atoms with Crippen LogP contribution in [0.5, 0.6) is 17.2 Å². The van der Waals surface area contributed by atoms with Crippen molar-refractivity contribution < 1.29 is 64.0 Å². The van der Waals surface area contributed by atoms with Gasteiger partial charge >= 0.3 is 11.9 Å². The van der Waals surface area contributed by atoms with Gasteiger partial charge in [-0.3, -0.25) is 14.4 Å². The molecule has 13 nitrogen and oxygen atoms in total. The molecule has 42 heavy (non-hydrogen) atoms. The second kappa shape index (κ2) is 12.2. The number of ether oxygens (including phenoxy) is 4. The van der Waals surface area contributed by atoms with E-state index in [2.05, 4.69) is 0 Å². The van der Waals surface area contributed by atoms with Gasteiger partial charge in [-0.05, 0) is 26.3 Å². The molecule has 0 spiro atoms. The first kappa shape index (κ1) is 31.2. The van der Waals surface area contributed by atoms with Gasteiger partial charge in [0.1, 0.15) is 59.9 Å². The van der Waals surface area contributed by atoms with Gasteiger partial charge in [-0.15, -0.1) is 0 Å². The summed E-state index contributed by atoms with van der Waals surface area (Å²) < 4.78 is 22.7. The number of aliphatic carboxylic acids is 1. The van der Waals surface area contributed by atoms with E-state index in [0.29, 0.717) is 5.56 Å². The minimum absolute atomic E-state index is 0.000800. The fourth-order valence-corrected chi connectivity index (χ4v) is 5.06. The van der Waals surface area contributed by atoms with Crippen LogP contribution in [0.1, 0.15) is 59.3 Å². The molecular formula is C29H34O13. The molecule has 2 aromatic rings. The van der Waals surface area contributed by atoms with Crippen LogP contribution in [-0.4, -0.2) is 91.3 Å². The fourth-order valence-electron chi connectivity index (χ4n) is 5.06. The number of ketones is 1. The largest absolute Gasteiger partial charge is 0.507 e. The summed E-state index contributed by atoms with van der Waals surface area (Å²) in [5.74, 6) is -2.94. The zero-order chi connectivity index (χ0) is 30.9. The van der Waals surface area contributed by atoms with Gasteiger partial charge < -0.3 is 49.6 Å². The van der Waals surface area contributed by atoms with Crippen LogP contribution in [0, 0.1) is 13.8 Å². The smallest absolute Gasteiger partial charge is 0.308 e. The summed E-state index contributed by atoms with van der Waals surface area (Å²) in [5, 5.41) is 61.4. The maximum absolute atomic E-state index is 13.0. The Morgan fingerprint density at radius 1 is 1.02 bits per heavy atom. The first-order valence-electron chi connectivity index (χ1n) is 13.3. The third-order valence-corrected chi connectivity index (χ3v) is 7.29. The summed E-state index contributed by atoms with van der Waals surface area (Å²) in [7, 11) is 0. The Morgan fingerprint density at radius 3 is 2.33 bits per heavy atom. The van der Waals surface area contributed by atoms with Crippen molar-refractivity contribution in [2.24, 2.45) is 0 Å². The second-order valence-corrected chi connectivity index (χ2v) is 10.8. The van der Waals surface area contributed by atoms with E-state index >= 15 is 0 Å². The summed E-state index contributed by atoms with van der Waals surface area (Å²) in [6.07, 6.45) is -10.3. The Bertz CT molecular complexity index is 1340. The number of aromatic hydroxyl groups is 1. The van der Waals surface area contributed by atoms with Crippen LogP contribution in [0.2, 0.25) is 0 Å². The number of aliphatic hydroxyl groups excluding tert-OH is 3. The minimum Gasteiger partial charge on any atom is -0.507 e. The molecule has 228 valence electrons. The summed E-state index contributed by atoms with van der Waals surface area (Å²) in [4.78, 5) is 36.1. The molecule has 0 aliphatic carbocycles. The number of fused-ring (bicyclic) bond motifs is 1. The van der Waals surface area contributed by atoms with E-state index in [1.165, 1.54) is 6.92 Å².